The van der Waals surface area contributed by atoms with E-state index < -0.39 is 81.3 Å². The fraction of sp³-hybridized carbons (Fsp3) is 0.696. The quantitative estimate of drug-likeness (QED) is 0.0492. The molecule has 5 amide bonds. The van der Waals surface area contributed by atoms with E-state index in [0.717, 1.165) is 0 Å². The Morgan fingerprint density at radius 3 is 2.17 bits per heavy atom. The van der Waals surface area contributed by atoms with Crippen LogP contribution in [0.1, 0.15) is 58.8 Å². The molecule has 0 unspecified atom stereocenters. The summed E-state index contributed by atoms with van der Waals surface area (Å²) in [6.07, 6.45) is 0.833. The molecule has 0 aromatic carbocycles. The van der Waals surface area contributed by atoms with E-state index in [2.05, 4.69) is 27.8 Å². The number of nitrogens with zero attached hydrogens (tertiary/aromatic N) is 1. The first-order valence-electron chi connectivity index (χ1n) is 13.3. The maximum atomic E-state index is 13.1. The minimum atomic E-state index is -5.63. The standard InChI is InChI=1S/C23H41N5O12P2/c1-4-5-8-16(21(32)24-11-7-10-23(34,41(35,36)37)42(38,39)40)27-22(33)17-9-6-12-28(17)19(30)14-25-18(29)13-26-20(31)15(2)3/h16-17,34H,2,4-14H2,1,3H3,(H,24,32)(H,25,29)(H,26,31)(H,27,33)(H2,35,36,37)(H2,38,39,40)/t16-,17-/m0/s1. The van der Waals surface area contributed by atoms with Gasteiger partial charge in [-0.05, 0) is 32.6 Å². The van der Waals surface area contributed by atoms with Gasteiger partial charge in [-0.1, -0.05) is 26.3 Å². The van der Waals surface area contributed by atoms with Crippen LogP contribution in [0.25, 0.3) is 0 Å². The molecule has 240 valence electrons. The topological polar surface area (TPSA) is 272 Å². The highest BCUT2D eigenvalue weighted by molar-refractivity contribution is 7.72. The van der Waals surface area contributed by atoms with Gasteiger partial charge >= 0.3 is 15.2 Å². The van der Waals surface area contributed by atoms with E-state index >= 15 is 0 Å². The van der Waals surface area contributed by atoms with Crippen molar-refractivity contribution in [2.75, 3.05) is 26.2 Å². The van der Waals surface area contributed by atoms with Crippen LogP contribution in [0.3, 0.4) is 0 Å². The van der Waals surface area contributed by atoms with Gasteiger partial charge in [-0.2, -0.15) is 0 Å². The molecule has 1 heterocycles. The van der Waals surface area contributed by atoms with Crippen molar-refractivity contribution < 1.29 is 57.8 Å². The highest BCUT2D eigenvalue weighted by Gasteiger charge is 2.58. The molecule has 0 radical (unpaired) electrons. The summed E-state index contributed by atoms with van der Waals surface area (Å²) in [5.74, 6) is -2.95. The van der Waals surface area contributed by atoms with E-state index in [1.54, 1.807) is 0 Å². The van der Waals surface area contributed by atoms with Crippen molar-refractivity contribution in [2.24, 2.45) is 0 Å². The fourth-order valence-corrected chi connectivity index (χ4v) is 6.31. The van der Waals surface area contributed by atoms with Crippen LogP contribution in [0.2, 0.25) is 0 Å². The summed E-state index contributed by atoms with van der Waals surface area (Å²) in [5.41, 5.74) is 0.211. The zero-order valence-corrected chi connectivity index (χ0v) is 25.4. The highest BCUT2D eigenvalue weighted by atomic mass is 31.2. The molecule has 0 bridgehead atoms. The number of hydrogen-bond donors (Lipinski definition) is 9. The van der Waals surface area contributed by atoms with Crippen LogP contribution in [0.5, 0.6) is 0 Å². The second-order valence-electron chi connectivity index (χ2n) is 9.95. The summed E-state index contributed by atoms with van der Waals surface area (Å²) in [5, 5.41) is 16.1. The minimum absolute atomic E-state index is 0.211. The molecule has 17 nitrogen and oxygen atoms in total. The van der Waals surface area contributed by atoms with Crippen LogP contribution in [-0.2, 0) is 33.1 Å². The second-order valence-corrected chi connectivity index (χ2v) is 14.0. The van der Waals surface area contributed by atoms with Gasteiger partial charge < -0.3 is 50.8 Å². The van der Waals surface area contributed by atoms with Crippen molar-refractivity contribution in [1.29, 1.82) is 0 Å². The van der Waals surface area contributed by atoms with Gasteiger partial charge in [0.2, 0.25) is 29.5 Å². The third-order valence-electron chi connectivity index (χ3n) is 6.51. The first-order chi connectivity index (χ1) is 19.4. The Balaban J connectivity index is 2.74. The Kier molecular flexibility index (Phi) is 14.5. The van der Waals surface area contributed by atoms with E-state index in [4.69, 9.17) is 0 Å². The van der Waals surface area contributed by atoms with Crippen LogP contribution in [0.15, 0.2) is 12.2 Å². The normalized spacial score (nSPS) is 16.4. The summed E-state index contributed by atoms with van der Waals surface area (Å²) in [6, 6.07) is -1.95. The lowest BCUT2D eigenvalue weighted by atomic mass is 10.1. The van der Waals surface area contributed by atoms with Gasteiger partial charge in [0.05, 0.1) is 13.1 Å². The summed E-state index contributed by atoms with van der Waals surface area (Å²) in [4.78, 5) is 100. The number of nitrogens with one attached hydrogen (secondary N) is 4. The average molecular weight is 642 g/mol. The largest absolute Gasteiger partial charge is 0.369 e. The van der Waals surface area contributed by atoms with Crippen LogP contribution in [0.4, 0.5) is 0 Å². The lowest BCUT2D eigenvalue weighted by Gasteiger charge is -2.29. The van der Waals surface area contributed by atoms with Gasteiger partial charge in [0, 0.05) is 25.1 Å². The molecule has 2 atom stereocenters. The summed E-state index contributed by atoms with van der Waals surface area (Å²) in [6.45, 7) is 5.92. The van der Waals surface area contributed by atoms with E-state index in [1.807, 2.05) is 6.92 Å². The maximum absolute atomic E-state index is 13.1. The summed E-state index contributed by atoms with van der Waals surface area (Å²) < 4.78 is 23.0. The van der Waals surface area contributed by atoms with Gasteiger partial charge in [-0.3, -0.25) is 33.1 Å². The number of rotatable bonds is 17. The van der Waals surface area contributed by atoms with Gasteiger partial charge in [0.15, 0.2) is 0 Å². The Morgan fingerprint density at radius 2 is 1.62 bits per heavy atom. The first kappa shape index (κ1) is 37.4. The monoisotopic (exact) mass is 641 g/mol. The molecule has 1 fully saturated rings. The maximum Gasteiger partial charge on any atom is 0.369 e. The van der Waals surface area contributed by atoms with Crippen molar-refractivity contribution in [3.05, 3.63) is 12.2 Å². The molecule has 0 aliphatic carbocycles. The molecular weight excluding hydrogens is 600 g/mol. The van der Waals surface area contributed by atoms with Gasteiger partial charge in [0.25, 0.3) is 5.08 Å². The molecule has 1 rings (SSSR count). The number of likely N-dealkylation sites (tertiary alicyclic amines) is 1. The van der Waals surface area contributed by atoms with E-state index in [9.17, 15) is 57.8 Å². The van der Waals surface area contributed by atoms with Crippen molar-refractivity contribution in [3.63, 3.8) is 0 Å². The summed E-state index contributed by atoms with van der Waals surface area (Å²) >= 11 is 0. The Morgan fingerprint density at radius 1 is 1.00 bits per heavy atom. The first-order valence-corrected chi connectivity index (χ1v) is 16.5. The third-order valence-corrected chi connectivity index (χ3v) is 10.4. The van der Waals surface area contributed by atoms with E-state index in [1.165, 1.54) is 11.8 Å². The number of carbonyl (C=O) groups is 5. The van der Waals surface area contributed by atoms with Gasteiger partial charge in [0.1, 0.15) is 12.1 Å². The van der Waals surface area contributed by atoms with Gasteiger partial charge in [-0.15, -0.1) is 0 Å². The number of amides is 5. The third kappa shape index (κ3) is 10.9. The van der Waals surface area contributed by atoms with Crippen LogP contribution >= 0.6 is 15.2 Å². The van der Waals surface area contributed by atoms with Gasteiger partial charge in [-0.25, -0.2) is 0 Å². The zero-order valence-electron chi connectivity index (χ0n) is 23.6. The number of carbonyl (C=O) groups excluding carboxylic acids is 5. The average Bonchev–Trinajstić information content (AvgIpc) is 3.39. The molecule has 0 saturated carbocycles. The molecule has 1 saturated heterocycles. The highest BCUT2D eigenvalue weighted by Crippen LogP contribution is 2.69. The molecule has 19 heteroatoms. The molecule has 1 aliphatic rings. The molecule has 42 heavy (non-hydrogen) atoms. The number of unbranched alkanes of at least 4 members (excludes halogenated alkanes) is 1. The zero-order chi connectivity index (χ0) is 32.3. The van der Waals surface area contributed by atoms with Crippen molar-refractivity contribution in [2.45, 2.75) is 76.0 Å². The van der Waals surface area contributed by atoms with E-state index in [0.29, 0.717) is 25.7 Å². The molecule has 0 aromatic heterocycles. The lowest BCUT2D eigenvalue weighted by Crippen LogP contribution is -2.54. The van der Waals surface area contributed by atoms with E-state index in [-0.39, 0.29) is 31.6 Å². The van der Waals surface area contributed by atoms with Crippen molar-refractivity contribution >= 4 is 44.7 Å². The Hall–Kier alpha value is -2.65. The molecular formula is C23H41N5O12P2. The van der Waals surface area contributed by atoms with Crippen molar-refractivity contribution in [3.8, 4) is 0 Å². The molecule has 9 N–H and O–H groups in total. The van der Waals surface area contributed by atoms with Crippen LogP contribution in [0, 0.1) is 0 Å². The predicted molar refractivity (Wildman–Crippen MR) is 148 cm³/mol. The Labute approximate surface area is 243 Å². The van der Waals surface area contributed by atoms with Crippen LogP contribution < -0.4 is 21.3 Å². The molecule has 1 aliphatic heterocycles. The lowest BCUT2D eigenvalue weighted by molar-refractivity contribution is -0.139. The number of hydrogen-bond acceptors (Lipinski definition) is 8. The molecule has 0 aromatic rings. The van der Waals surface area contributed by atoms with Crippen LogP contribution in [-0.4, -0.2) is 102 Å². The molecule has 0 spiro atoms. The fourth-order valence-electron chi connectivity index (χ4n) is 4.05. The second kappa shape index (κ2) is 16.3. The number of aliphatic hydroxyl groups is 1. The Bertz CT molecular complexity index is 1100. The van der Waals surface area contributed by atoms with Crippen molar-refractivity contribution in [1.82, 2.24) is 26.2 Å². The minimum Gasteiger partial charge on any atom is -0.368 e. The smallest absolute Gasteiger partial charge is 0.368 e. The SMILES string of the molecule is C=C(C)C(=O)NCC(=O)NCC(=O)N1CCC[C@H]1C(=O)N[C@@H](CCCC)C(=O)NCCCC(O)(P(=O)(O)O)P(=O)(O)O. The summed E-state index contributed by atoms with van der Waals surface area (Å²) in [7, 11) is -11.3. The predicted octanol–water partition coefficient (Wildman–Crippen LogP) is -1.64.